The molecule has 0 bridgehead atoms. The zero-order chi connectivity index (χ0) is 19.3. The number of aryl methyl sites for hydroxylation is 1. The number of nitrogens with zero attached hydrogens (tertiary/aromatic N) is 5. The maximum absolute atomic E-state index is 12.6. The molecule has 0 saturated carbocycles. The van der Waals surface area contributed by atoms with Crippen molar-refractivity contribution in [2.24, 2.45) is 0 Å². The van der Waals surface area contributed by atoms with Gasteiger partial charge in [-0.25, -0.2) is 0 Å². The van der Waals surface area contributed by atoms with Crippen molar-refractivity contribution < 1.29 is 12.9 Å². The molecular formula is C17H27N5O3S2. The zero-order valence-corrected chi connectivity index (χ0v) is 17.5. The zero-order valence-electron chi connectivity index (χ0n) is 15.9. The molecular weight excluding hydrogens is 386 g/mol. The van der Waals surface area contributed by atoms with Gasteiger partial charge in [-0.05, 0) is 24.4 Å². The van der Waals surface area contributed by atoms with Gasteiger partial charge >= 0.3 is 0 Å². The summed E-state index contributed by atoms with van der Waals surface area (Å²) < 4.78 is 33.6. The molecule has 0 atom stereocenters. The Morgan fingerprint density at radius 1 is 1.22 bits per heavy atom. The molecule has 8 nitrogen and oxygen atoms in total. The monoisotopic (exact) mass is 413 g/mol. The summed E-state index contributed by atoms with van der Waals surface area (Å²) in [7, 11) is -3.32. The lowest BCUT2D eigenvalue weighted by atomic mass is 10.2. The summed E-state index contributed by atoms with van der Waals surface area (Å²) >= 11 is 1.59. The molecule has 3 heterocycles. The molecule has 0 radical (unpaired) electrons. The summed E-state index contributed by atoms with van der Waals surface area (Å²) in [5, 5.41) is 6.02. The minimum absolute atomic E-state index is 0.511. The van der Waals surface area contributed by atoms with Gasteiger partial charge in [-0.15, -0.1) is 11.3 Å². The number of thiophene rings is 1. The first-order chi connectivity index (χ1) is 13.0. The van der Waals surface area contributed by atoms with Crippen LogP contribution in [0, 0.1) is 0 Å². The van der Waals surface area contributed by atoms with Crippen molar-refractivity contribution in [3.63, 3.8) is 0 Å². The van der Waals surface area contributed by atoms with Crippen molar-refractivity contribution in [2.75, 3.05) is 45.8 Å². The first kappa shape index (κ1) is 20.4. The smallest absolute Gasteiger partial charge is 0.282 e. The van der Waals surface area contributed by atoms with Gasteiger partial charge in [-0.2, -0.15) is 22.0 Å². The van der Waals surface area contributed by atoms with Crippen molar-refractivity contribution in [3.05, 3.63) is 23.4 Å². The van der Waals surface area contributed by atoms with E-state index in [0.717, 1.165) is 37.4 Å². The number of aromatic nitrogens is 2. The summed E-state index contributed by atoms with van der Waals surface area (Å²) in [6, 6.07) is 3.95. The Morgan fingerprint density at radius 3 is 2.59 bits per heavy atom. The molecule has 0 aromatic carbocycles. The molecule has 2 aromatic rings. The van der Waals surface area contributed by atoms with E-state index in [4.69, 9.17) is 4.52 Å². The normalized spacial score (nSPS) is 17.0. The topological polar surface area (TPSA) is 82.8 Å². The average molecular weight is 414 g/mol. The fourth-order valence-corrected chi connectivity index (χ4v) is 5.47. The lowest BCUT2D eigenvalue weighted by Crippen LogP contribution is -2.53. The maximum atomic E-state index is 12.6. The summed E-state index contributed by atoms with van der Waals surface area (Å²) in [5.41, 5.74) is 0. The highest BCUT2D eigenvalue weighted by Crippen LogP contribution is 2.21. The van der Waals surface area contributed by atoms with E-state index in [0.29, 0.717) is 37.9 Å². The van der Waals surface area contributed by atoms with Crippen molar-refractivity contribution in [2.45, 2.75) is 26.7 Å². The second-order valence-corrected chi connectivity index (χ2v) is 9.30. The van der Waals surface area contributed by atoms with Crippen LogP contribution < -0.4 is 0 Å². The van der Waals surface area contributed by atoms with E-state index in [1.165, 1.54) is 4.31 Å². The van der Waals surface area contributed by atoms with Crippen molar-refractivity contribution in [1.29, 1.82) is 0 Å². The molecule has 0 spiro atoms. The van der Waals surface area contributed by atoms with E-state index in [9.17, 15) is 8.42 Å². The third-order valence-corrected chi connectivity index (χ3v) is 7.82. The third kappa shape index (κ3) is 4.94. The van der Waals surface area contributed by atoms with E-state index in [2.05, 4.69) is 15.0 Å². The number of hydrogen-bond acceptors (Lipinski definition) is 7. The fraction of sp³-hybridized carbons (Fsp3) is 0.647. The lowest BCUT2D eigenvalue weighted by molar-refractivity contribution is 0.179. The predicted octanol–water partition coefficient (Wildman–Crippen LogP) is 1.93. The van der Waals surface area contributed by atoms with Crippen molar-refractivity contribution in [3.8, 4) is 10.7 Å². The average Bonchev–Trinajstić information content (AvgIpc) is 3.34. The molecule has 1 saturated heterocycles. The van der Waals surface area contributed by atoms with Crippen LogP contribution in [0.25, 0.3) is 10.7 Å². The quantitative estimate of drug-likeness (QED) is 0.625. The van der Waals surface area contributed by atoms with E-state index in [1.807, 2.05) is 31.4 Å². The van der Waals surface area contributed by atoms with Crippen LogP contribution in [0.1, 0.15) is 26.2 Å². The third-order valence-electron chi connectivity index (χ3n) is 4.76. The predicted molar refractivity (Wildman–Crippen MR) is 106 cm³/mol. The minimum atomic E-state index is -3.32. The first-order valence-electron chi connectivity index (χ1n) is 9.38. The Balaban J connectivity index is 1.42. The fourth-order valence-electron chi connectivity index (χ4n) is 3.21. The Bertz CT molecular complexity index is 794. The minimum Gasteiger partial charge on any atom is -0.339 e. The molecule has 150 valence electrons. The van der Waals surface area contributed by atoms with Crippen LogP contribution in [-0.2, 0) is 16.6 Å². The summed E-state index contributed by atoms with van der Waals surface area (Å²) in [5.74, 6) is 1.30. The largest absolute Gasteiger partial charge is 0.339 e. The van der Waals surface area contributed by atoms with Gasteiger partial charge in [0, 0.05) is 45.7 Å². The molecule has 0 amide bonds. The summed E-state index contributed by atoms with van der Waals surface area (Å²) in [4.78, 5) is 7.75. The van der Waals surface area contributed by atoms with Gasteiger partial charge in [-0.3, -0.25) is 0 Å². The Hall–Kier alpha value is -1.33. The number of hydrogen-bond donors (Lipinski definition) is 0. The number of piperazine rings is 1. The van der Waals surface area contributed by atoms with Gasteiger partial charge in [0.25, 0.3) is 10.2 Å². The van der Waals surface area contributed by atoms with Gasteiger partial charge in [0.05, 0.1) is 4.88 Å². The van der Waals surface area contributed by atoms with E-state index < -0.39 is 10.2 Å². The molecule has 0 unspecified atom stereocenters. The van der Waals surface area contributed by atoms with Crippen LogP contribution in [0.15, 0.2) is 22.0 Å². The molecule has 1 aliphatic rings. The van der Waals surface area contributed by atoms with Crippen molar-refractivity contribution >= 4 is 21.5 Å². The Labute approximate surface area is 164 Å². The first-order valence-corrected chi connectivity index (χ1v) is 11.7. The lowest BCUT2D eigenvalue weighted by Gasteiger charge is -2.36. The van der Waals surface area contributed by atoms with E-state index >= 15 is 0 Å². The van der Waals surface area contributed by atoms with Crippen molar-refractivity contribution in [1.82, 2.24) is 23.7 Å². The van der Waals surface area contributed by atoms with Crippen LogP contribution in [0.3, 0.4) is 0 Å². The highest BCUT2D eigenvalue weighted by Gasteiger charge is 2.30. The highest BCUT2D eigenvalue weighted by atomic mass is 32.2. The second kappa shape index (κ2) is 9.24. The number of rotatable bonds is 9. The van der Waals surface area contributed by atoms with Crippen LogP contribution in [0.5, 0.6) is 0 Å². The van der Waals surface area contributed by atoms with Gasteiger partial charge in [0.15, 0.2) is 0 Å². The van der Waals surface area contributed by atoms with Gasteiger partial charge in [0.2, 0.25) is 11.7 Å². The van der Waals surface area contributed by atoms with Gasteiger partial charge in [-0.1, -0.05) is 25.1 Å². The molecule has 27 heavy (non-hydrogen) atoms. The summed E-state index contributed by atoms with van der Waals surface area (Å²) in [6.45, 7) is 8.26. The highest BCUT2D eigenvalue weighted by molar-refractivity contribution is 7.86. The van der Waals surface area contributed by atoms with Gasteiger partial charge in [0.1, 0.15) is 0 Å². The molecule has 0 N–H and O–H groups in total. The standard InChI is InChI=1S/C17H27N5O3S2/c1-3-21(4-2)27(23,24)22-12-10-20(11-13-22)9-5-8-16-18-17(19-25-16)15-7-6-14-26-15/h6-7,14H,3-5,8-13H2,1-2H3. The SMILES string of the molecule is CCN(CC)S(=O)(=O)N1CCN(CCCc2nc(-c3cccs3)no2)CC1. The Morgan fingerprint density at radius 2 is 1.96 bits per heavy atom. The van der Waals surface area contributed by atoms with Crippen LogP contribution in [0.4, 0.5) is 0 Å². The van der Waals surface area contributed by atoms with Crippen LogP contribution >= 0.6 is 11.3 Å². The molecule has 2 aromatic heterocycles. The van der Waals surface area contributed by atoms with E-state index in [-0.39, 0.29) is 0 Å². The molecule has 1 aliphatic heterocycles. The van der Waals surface area contributed by atoms with E-state index in [1.54, 1.807) is 15.6 Å². The maximum Gasteiger partial charge on any atom is 0.282 e. The van der Waals surface area contributed by atoms with Gasteiger partial charge < -0.3 is 9.42 Å². The summed E-state index contributed by atoms with van der Waals surface area (Å²) in [6.07, 6.45) is 1.64. The Kier molecular flexibility index (Phi) is 6.99. The second-order valence-electron chi connectivity index (χ2n) is 6.43. The molecule has 3 rings (SSSR count). The van der Waals surface area contributed by atoms with Crippen LogP contribution in [-0.4, -0.2) is 77.9 Å². The molecule has 1 fully saturated rings. The molecule has 10 heteroatoms. The van der Waals surface area contributed by atoms with Crippen LogP contribution in [0.2, 0.25) is 0 Å². The molecule has 0 aliphatic carbocycles.